The first-order chi connectivity index (χ1) is 12.0. The van der Waals surface area contributed by atoms with Crippen LogP contribution >= 0.6 is 11.6 Å². The number of aromatic amines is 1. The lowest BCUT2D eigenvalue weighted by Crippen LogP contribution is -2.13. The van der Waals surface area contributed by atoms with Crippen LogP contribution in [0.25, 0.3) is 11.0 Å². The molecule has 0 aliphatic carbocycles. The lowest BCUT2D eigenvalue weighted by Gasteiger charge is -2.14. The molecule has 0 saturated heterocycles. The molecule has 0 radical (unpaired) electrons. The summed E-state index contributed by atoms with van der Waals surface area (Å²) in [7, 11) is 0. The molecule has 9 heteroatoms. The number of aromatic nitrogens is 3. The van der Waals surface area contributed by atoms with Gasteiger partial charge in [0.1, 0.15) is 17.6 Å². The van der Waals surface area contributed by atoms with E-state index in [-0.39, 0.29) is 18.3 Å². The van der Waals surface area contributed by atoms with E-state index in [4.69, 9.17) is 22.7 Å². The molecule has 1 unspecified atom stereocenters. The molecule has 0 amide bonds. The van der Waals surface area contributed by atoms with E-state index in [0.29, 0.717) is 33.0 Å². The molecule has 0 saturated carbocycles. The van der Waals surface area contributed by atoms with Crippen molar-refractivity contribution in [1.82, 2.24) is 15.0 Å². The van der Waals surface area contributed by atoms with Crippen LogP contribution in [-0.2, 0) is 0 Å². The topological polar surface area (TPSA) is 116 Å². The fourth-order valence-corrected chi connectivity index (χ4v) is 2.67. The van der Waals surface area contributed by atoms with E-state index in [0.717, 1.165) is 0 Å². The van der Waals surface area contributed by atoms with Crippen LogP contribution in [0.15, 0.2) is 24.4 Å². The number of alkyl halides is 1. The Morgan fingerprint density at radius 1 is 1.40 bits per heavy atom. The predicted molar refractivity (Wildman–Crippen MR) is 100.0 cm³/mol. The first-order valence-electron chi connectivity index (χ1n) is 7.58. The number of nitrogens with one attached hydrogen (secondary N) is 4. The van der Waals surface area contributed by atoms with Gasteiger partial charge >= 0.3 is 0 Å². The highest BCUT2D eigenvalue weighted by Crippen LogP contribution is 2.29. The van der Waals surface area contributed by atoms with Gasteiger partial charge < -0.3 is 26.8 Å². The number of benzene rings is 1. The molecule has 0 spiro atoms. The number of H-pyrrole nitrogens is 1. The molecule has 25 heavy (non-hydrogen) atoms. The van der Waals surface area contributed by atoms with Crippen LogP contribution < -0.4 is 16.4 Å². The smallest absolute Gasteiger partial charge is 0.231 e. The maximum atomic E-state index is 13.1. The fourth-order valence-electron chi connectivity index (χ4n) is 2.43. The summed E-state index contributed by atoms with van der Waals surface area (Å²) in [6.45, 7) is 1.62. The molecular weight excluding hydrogens is 345 g/mol. The molecule has 2 aromatic heterocycles. The average molecular weight is 362 g/mol. The number of nitrogens with two attached hydrogens (primary N) is 1. The Bertz CT molecular complexity index is 922. The van der Waals surface area contributed by atoms with Gasteiger partial charge in [0.25, 0.3) is 0 Å². The summed E-state index contributed by atoms with van der Waals surface area (Å²) in [5, 5.41) is 14.7. The largest absolute Gasteiger partial charge is 0.383 e. The third kappa shape index (κ3) is 3.48. The van der Waals surface area contributed by atoms with Gasteiger partial charge in [-0.2, -0.15) is 9.97 Å². The molecule has 0 aliphatic heterocycles. The molecule has 1 atom stereocenters. The van der Waals surface area contributed by atoms with Crippen LogP contribution in [0.5, 0.6) is 0 Å². The minimum absolute atomic E-state index is 0.153. The number of fused-ring (bicyclic) bond motifs is 1. The summed E-state index contributed by atoms with van der Waals surface area (Å²) in [6.07, 6.45) is 1.77. The standard InChI is InChI=1S/C16H17ClFN7/c1-8(18)6-21-11-3-2-4-12(9(11)5-19)23-16-24-14(20)13-10(17)7-22-15(13)25-16/h2-5,7-8,19,21H,6H2,1H3,(H4,20,22,23,24,25). The third-order valence-electron chi connectivity index (χ3n) is 3.58. The minimum atomic E-state index is -1.00. The van der Waals surface area contributed by atoms with E-state index in [2.05, 4.69) is 25.6 Å². The Kier molecular flexibility index (Phi) is 4.71. The van der Waals surface area contributed by atoms with E-state index in [9.17, 15) is 4.39 Å². The van der Waals surface area contributed by atoms with Gasteiger partial charge in [0.2, 0.25) is 5.95 Å². The van der Waals surface area contributed by atoms with Crippen molar-refractivity contribution >= 4 is 52.0 Å². The van der Waals surface area contributed by atoms with Crippen molar-refractivity contribution < 1.29 is 4.39 Å². The van der Waals surface area contributed by atoms with E-state index in [1.165, 1.54) is 13.1 Å². The highest BCUT2D eigenvalue weighted by molar-refractivity contribution is 6.36. The van der Waals surface area contributed by atoms with Gasteiger partial charge in [-0.3, -0.25) is 0 Å². The molecule has 6 N–H and O–H groups in total. The maximum Gasteiger partial charge on any atom is 0.231 e. The van der Waals surface area contributed by atoms with Crippen molar-refractivity contribution in [3.05, 3.63) is 35.0 Å². The van der Waals surface area contributed by atoms with Gasteiger partial charge in [0.05, 0.1) is 16.1 Å². The van der Waals surface area contributed by atoms with E-state index < -0.39 is 6.17 Å². The number of anilines is 4. The van der Waals surface area contributed by atoms with Gasteiger partial charge in [-0.15, -0.1) is 0 Å². The summed E-state index contributed by atoms with van der Waals surface area (Å²) >= 11 is 6.04. The number of nitrogens with zero attached hydrogens (tertiary/aromatic N) is 2. The molecule has 7 nitrogen and oxygen atoms in total. The number of hydrogen-bond donors (Lipinski definition) is 5. The highest BCUT2D eigenvalue weighted by Gasteiger charge is 2.13. The average Bonchev–Trinajstić information content (AvgIpc) is 2.94. The second-order valence-corrected chi connectivity index (χ2v) is 5.90. The summed E-state index contributed by atoms with van der Waals surface area (Å²) in [6, 6.07) is 5.33. The van der Waals surface area contributed by atoms with Gasteiger partial charge in [-0.1, -0.05) is 17.7 Å². The Balaban J connectivity index is 1.95. The van der Waals surface area contributed by atoms with Gasteiger partial charge in [-0.05, 0) is 19.1 Å². The Labute approximate surface area is 148 Å². The SMILES string of the molecule is CC(F)CNc1cccc(Nc2nc(N)c3c(Cl)c[nH]c3n2)c1C=N. The lowest BCUT2D eigenvalue weighted by molar-refractivity contribution is 0.378. The van der Waals surface area contributed by atoms with Gasteiger partial charge in [0, 0.05) is 30.2 Å². The van der Waals surface area contributed by atoms with Crippen LogP contribution in [0.1, 0.15) is 12.5 Å². The van der Waals surface area contributed by atoms with Crippen LogP contribution in [0.2, 0.25) is 5.02 Å². The molecular formula is C16H17ClFN7. The molecule has 130 valence electrons. The number of hydrogen-bond acceptors (Lipinski definition) is 6. The highest BCUT2D eigenvalue weighted by atomic mass is 35.5. The minimum Gasteiger partial charge on any atom is -0.383 e. The molecule has 3 aromatic rings. The predicted octanol–water partition coefficient (Wildman–Crippen LogP) is 3.70. The van der Waals surface area contributed by atoms with Crippen molar-refractivity contribution in [2.75, 3.05) is 22.9 Å². The van der Waals surface area contributed by atoms with Crippen molar-refractivity contribution in [2.24, 2.45) is 0 Å². The number of halogens is 2. The van der Waals surface area contributed by atoms with E-state index in [1.807, 2.05) is 0 Å². The second kappa shape index (κ2) is 6.94. The van der Waals surface area contributed by atoms with E-state index >= 15 is 0 Å². The summed E-state index contributed by atoms with van der Waals surface area (Å²) in [4.78, 5) is 11.5. The summed E-state index contributed by atoms with van der Waals surface area (Å²) < 4.78 is 13.1. The Morgan fingerprint density at radius 2 is 2.16 bits per heavy atom. The molecule has 1 aromatic carbocycles. The first-order valence-corrected chi connectivity index (χ1v) is 7.96. The number of rotatable bonds is 6. The lowest BCUT2D eigenvalue weighted by atomic mass is 10.1. The van der Waals surface area contributed by atoms with E-state index in [1.54, 1.807) is 24.4 Å². The summed E-state index contributed by atoms with van der Waals surface area (Å²) in [5.74, 6) is 0.512. The monoisotopic (exact) mass is 361 g/mol. The zero-order chi connectivity index (χ0) is 18.0. The molecule has 0 aliphatic rings. The number of nitrogen functional groups attached to an aromatic ring is 1. The fraction of sp³-hybridized carbons (Fsp3) is 0.188. The van der Waals surface area contributed by atoms with Crippen molar-refractivity contribution in [2.45, 2.75) is 13.1 Å². The van der Waals surface area contributed by atoms with Crippen LogP contribution in [0.4, 0.5) is 27.5 Å². The van der Waals surface area contributed by atoms with Gasteiger partial charge in [0.15, 0.2) is 0 Å². The molecule has 0 bridgehead atoms. The Hall–Kier alpha value is -2.87. The zero-order valence-corrected chi connectivity index (χ0v) is 14.2. The molecule has 0 fully saturated rings. The van der Waals surface area contributed by atoms with Crippen LogP contribution in [0, 0.1) is 5.41 Å². The zero-order valence-electron chi connectivity index (χ0n) is 13.4. The third-order valence-corrected chi connectivity index (χ3v) is 3.88. The second-order valence-electron chi connectivity index (χ2n) is 5.49. The van der Waals surface area contributed by atoms with Crippen LogP contribution in [-0.4, -0.2) is 33.9 Å². The van der Waals surface area contributed by atoms with Crippen molar-refractivity contribution in [1.29, 1.82) is 5.41 Å². The molecule has 3 rings (SSSR count). The summed E-state index contributed by atoms with van der Waals surface area (Å²) in [5.41, 5.74) is 8.26. The molecule has 2 heterocycles. The van der Waals surface area contributed by atoms with Crippen LogP contribution in [0.3, 0.4) is 0 Å². The Morgan fingerprint density at radius 3 is 2.88 bits per heavy atom. The van der Waals surface area contributed by atoms with Gasteiger partial charge in [-0.25, -0.2) is 4.39 Å². The first kappa shape index (κ1) is 17.0. The van der Waals surface area contributed by atoms with Crippen molar-refractivity contribution in [3.8, 4) is 0 Å². The van der Waals surface area contributed by atoms with Crippen molar-refractivity contribution in [3.63, 3.8) is 0 Å². The quantitative estimate of drug-likeness (QED) is 0.429. The maximum absolute atomic E-state index is 13.1. The normalized spacial score (nSPS) is 12.1.